The van der Waals surface area contributed by atoms with E-state index in [1.54, 1.807) is 0 Å². The molecule has 0 amide bonds. The molecule has 2 nitrogen and oxygen atoms in total. The first kappa shape index (κ1) is 15.1. The summed E-state index contributed by atoms with van der Waals surface area (Å²) < 4.78 is 13.2. The third kappa shape index (κ3) is 4.35. The normalized spacial score (nSPS) is 11.7. The third-order valence-corrected chi connectivity index (χ3v) is 8.39. The lowest BCUT2D eigenvalue weighted by Crippen LogP contribution is -2.56. The maximum absolute atomic E-state index is 6.13. The van der Waals surface area contributed by atoms with Gasteiger partial charge in [0.1, 0.15) is 0 Å². The number of hydrogen-bond donors (Lipinski definition) is 0. The molecule has 0 heterocycles. The molecule has 0 saturated carbocycles. The first-order valence-electron chi connectivity index (χ1n) is 6.18. The summed E-state index contributed by atoms with van der Waals surface area (Å²) >= 11 is 2.40. The molecule has 0 spiro atoms. The molecule has 96 valence electrons. The summed E-state index contributed by atoms with van der Waals surface area (Å²) in [4.78, 5) is 0. The van der Waals surface area contributed by atoms with Gasteiger partial charge in [-0.2, -0.15) is 0 Å². The summed E-state index contributed by atoms with van der Waals surface area (Å²) in [6, 6.07) is 10.4. The predicted octanol–water partition coefficient (Wildman–Crippen LogP) is 3.16. The number of rotatable bonds is 8. The van der Waals surface area contributed by atoms with Gasteiger partial charge in [-0.25, -0.2) is 0 Å². The van der Waals surface area contributed by atoms with Crippen LogP contribution in [-0.4, -0.2) is 25.8 Å². The van der Waals surface area contributed by atoms with Gasteiger partial charge in [-0.1, -0.05) is 66.8 Å². The maximum atomic E-state index is 6.13. The molecule has 0 fully saturated rings. The van der Waals surface area contributed by atoms with Crippen LogP contribution >= 0.6 is 22.6 Å². The number of halogens is 1. The standard InChI is InChI=1S/C13H21IO2Si/c1-3-10-15-17(12-14,16-11-4-2)13-8-6-5-7-9-13/h5-9H,3-4,10-12H2,1-2H3. The van der Waals surface area contributed by atoms with Gasteiger partial charge in [0.2, 0.25) is 0 Å². The van der Waals surface area contributed by atoms with Gasteiger partial charge < -0.3 is 8.85 Å². The van der Waals surface area contributed by atoms with Crippen molar-refractivity contribution in [2.75, 3.05) is 17.3 Å². The molecule has 1 aromatic carbocycles. The molecule has 17 heavy (non-hydrogen) atoms. The first-order chi connectivity index (χ1) is 8.29. The molecule has 0 aliphatic heterocycles. The van der Waals surface area contributed by atoms with Crippen molar-refractivity contribution < 1.29 is 8.85 Å². The molecule has 1 aromatic rings. The Kier molecular flexibility index (Phi) is 7.34. The van der Waals surface area contributed by atoms with Crippen LogP contribution < -0.4 is 5.19 Å². The number of alkyl halides is 1. The van der Waals surface area contributed by atoms with E-state index >= 15 is 0 Å². The second-order valence-corrected chi connectivity index (χ2v) is 9.17. The molecule has 1 rings (SSSR count). The second kappa shape index (κ2) is 8.23. The van der Waals surface area contributed by atoms with Crippen LogP contribution in [-0.2, 0) is 8.85 Å². The Hall–Kier alpha value is 0.0869. The Morgan fingerprint density at radius 1 is 1.00 bits per heavy atom. The highest BCUT2D eigenvalue weighted by Crippen LogP contribution is 2.13. The summed E-state index contributed by atoms with van der Waals surface area (Å²) in [6.07, 6.45) is 2.07. The Balaban J connectivity index is 2.89. The lowest BCUT2D eigenvalue weighted by atomic mass is 10.4. The highest BCUT2D eigenvalue weighted by molar-refractivity contribution is 14.1. The van der Waals surface area contributed by atoms with E-state index in [0.29, 0.717) is 0 Å². The van der Waals surface area contributed by atoms with Crippen molar-refractivity contribution in [2.45, 2.75) is 26.7 Å². The SMILES string of the molecule is CCCO[Si](CI)(OCCC)c1ccccc1. The minimum atomic E-state index is -2.20. The van der Waals surface area contributed by atoms with Crippen LogP contribution in [0.4, 0.5) is 0 Å². The summed E-state index contributed by atoms with van der Waals surface area (Å²) in [6.45, 7) is 5.84. The van der Waals surface area contributed by atoms with E-state index in [-0.39, 0.29) is 0 Å². The number of hydrogen-bond acceptors (Lipinski definition) is 2. The first-order valence-corrected chi connectivity index (χ1v) is 9.73. The summed E-state index contributed by atoms with van der Waals surface area (Å²) in [5.41, 5.74) is 0. The Labute approximate surface area is 119 Å². The highest BCUT2D eigenvalue weighted by atomic mass is 127. The van der Waals surface area contributed by atoms with Crippen molar-refractivity contribution >= 4 is 36.3 Å². The fraction of sp³-hybridized carbons (Fsp3) is 0.538. The Morgan fingerprint density at radius 2 is 1.53 bits per heavy atom. The van der Waals surface area contributed by atoms with E-state index in [9.17, 15) is 0 Å². The van der Waals surface area contributed by atoms with E-state index in [1.807, 2.05) is 6.07 Å². The van der Waals surface area contributed by atoms with Gasteiger partial charge in [0.15, 0.2) is 0 Å². The lowest BCUT2D eigenvalue weighted by Gasteiger charge is -2.29. The molecular weight excluding hydrogens is 343 g/mol. The molecular formula is C13H21IO2Si. The highest BCUT2D eigenvalue weighted by Gasteiger charge is 2.38. The smallest absolute Gasteiger partial charge is 0.382 e. The molecule has 0 N–H and O–H groups in total. The van der Waals surface area contributed by atoms with E-state index in [2.05, 4.69) is 60.7 Å². The van der Waals surface area contributed by atoms with Crippen molar-refractivity contribution in [2.24, 2.45) is 0 Å². The van der Waals surface area contributed by atoms with E-state index in [0.717, 1.165) is 30.1 Å². The van der Waals surface area contributed by atoms with Gasteiger partial charge in [0.05, 0.1) is 0 Å². The quantitative estimate of drug-likeness (QED) is 0.401. The molecule has 0 radical (unpaired) electrons. The van der Waals surface area contributed by atoms with Crippen molar-refractivity contribution in [3.63, 3.8) is 0 Å². The zero-order chi connectivity index (χ0) is 12.6. The molecule has 0 atom stereocenters. The van der Waals surface area contributed by atoms with Crippen molar-refractivity contribution in [3.8, 4) is 0 Å². The van der Waals surface area contributed by atoms with Crippen LogP contribution in [0.15, 0.2) is 30.3 Å². The van der Waals surface area contributed by atoms with Crippen LogP contribution in [0.5, 0.6) is 0 Å². The predicted molar refractivity (Wildman–Crippen MR) is 83.2 cm³/mol. The fourth-order valence-electron chi connectivity index (χ4n) is 1.59. The van der Waals surface area contributed by atoms with Crippen LogP contribution in [0.3, 0.4) is 0 Å². The van der Waals surface area contributed by atoms with Crippen LogP contribution in [0.2, 0.25) is 0 Å². The number of benzene rings is 1. The van der Waals surface area contributed by atoms with Gasteiger partial charge in [0.25, 0.3) is 0 Å². The topological polar surface area (TPSA) is 18.5 Å². The average Bonchev–Trinajstić information content (AvgIpc) is 2.41. The summed E-state index contributed by atoms with van der Waals surface area (Å²) in [7, 11) is -2.20. The lowest BCUT2D eigenvalue weighted by molar-refractivity contribution is 0.185. The Bertz CT molecular complexity index is 298. The second-order valence-electron chi connectivity index (χ2n) is 3.95. The van der Waals surface area contributed by atoms with Crippen LogP contribution in [0.25, 0.3) is 0 Å². The molecule has 4 heteroatoms. The largest absolute Gasteiger partial charge is 0.391 e. The third-order valence-electron chi connectivity index (χ3n) is 2.47. The van der Waals surface area contributed by atoms with Gasteiger partial charge in [0, 0.05) is 17.3 Å². The van der Waals surface area contributed by atoms with Gasteiger partial charge in [-0.15, -0.1) is 0 Å². The van der Waals surface area contributed by atoms with Crippen molar-refractivity contribution in [1.29, 1.82) is 0 Å². The van der Waals surface area contributed by atoms with Crippen molar-refractivity contribution in [3.05, 3.63) is 30.3 Å². The zero-order valence-electron chi connectivity index (χ0n) is 10.6. The fourth-order valence-corrected chi connectivity index (χ4v) is 6.72. The van der Waals surface area contributed by atoms with E-state index < -0.39 is 8.56 Å². The van der Waals surface area contributed by atoms with Gasteiger partial charge >= 0.3 is 8.56 Å². The minimum absolute atomic E-state index is 0.786. The Morgan fingerprint density at radius 3 is 1.94 bits per heavy atom. The van der Waals surface area contributed by atoms with E-state index in [4.69, 9.17) is 8.85 Å². The molecule has 0 aromatic heterocycles. The van der Waals surface area contributed by atoms with Gasteiger partial charge in [-0.05, 0) is 18.0 Å². The van der Waals surface area contributed by atoms with Crippen LogP contribution in [0, 0.1) is 0 Å². The van der Waals surface area contributed by atoms with Crippen LogP contribution in [0.1, 0.15) is 26.7 Å². The minimum Gasteiger partial charge on any atom is -0.391 e. The average molecular weight is 364 g/mol. The molecule has 0 aliphatic carbocycles. The zero-order valence-corrected chi connectivity index (χ0v) is 13.8. The molecule has 0 saturated heterocycles. The summed E-state index contributed by atoms with van der Waals surface area (Å²) in [5, 5.41) is 1.25. The monoisotopic (exact) mass is 364 g/mol. The molecule has 0 aliphatic rings. The van der Waals surface area contributed by atoms with E-state index in [1.165, 1.54) is 5.19 Å². The summed E-state index contributed by atoms with van der Waals surface area (Å²) in [5.74, 6) is 0. The molecule has 0 bridgehead atoms. The van der Waals surface area contributed by atoms with Gasteiger partial charge in [-0.3, -0.25) is 0 Å². The molecule has 0 unspecified atom stereocenters. The maximum Gasteiger partial charge on any atom is 0.382 e. The van der Waals surface area contributed by atoms with Crippen molar-refractivity contribution in [1.82, 2.24) is 0 Å².